The minimum Gasteiger partial charge on any atom is -0.481 e. The fourth-order valence-electron chi connectivity index (χ4n) is 3.24. The highest BCUT2D eigenvalue weighted by atomic mass is 32.2. The van der Waals surface area contributed by atoms with Crippen molar-refractivity contribution in [2.45, 2.75) is 17.3 Å². The van der Waals surface area contributed by atoms with E-state index in [-0.39, 0.29) is 73.2 Å². The van der Waals surface area contributed by atoms with E-state index in [0.717, 1.165) is 22.1 Å². The Morgan fingerprint density at radius 1 is 1.19 bits per heavy atom. The van der Waals surface area contributed by atoms with Gasteiger partial charge in [-0.2, -0.15) is 17.7 Å². The number of halogens is 2. The lowest BCUT2D eigenvalue weighted by molar-refractivity contribution is -0.132. The van der Waals surface area contributed by atoms with E-state index in [9.17, 15) is 26.8 Å². The first-order chi connectivity index (χ1) is 17.1. The van der Waals surface area contributed by atoms with Gasteiger partial charge in [-0.15, -0.1) is 0 Å². The van der Waals surface area contributed by atoms with Crippen molar-refractivity contribution < 1.29 is 36.6 Å². The maximum absolute atomic E-state index is 13.9. The van der Waals surface area contributed by atoms with Gasteiger partial charge in [0.25, 0.3) is 0 Å². The Morgan fingerprint density at radius 2 is 1.92 bits per heavy atom. The second-order valence-corrected chi connectivity index (χ2v) is 10.1. The Labute approximate surface area is 210 Å². The first-order valence-corrected chi connectivity index (χ1v) is 13.0. The molecule has 36 heavy (non-hydrogen) atoms. The molecule has 1 aromatic heterocycles. The van der Waals surface area contributed by atoms with Gasteiger partial charge in [-0.25, -0.2) is 18.6 Å². The number of hydrogen-bond donors (Lipinski definition) is 3. The van der Waals surface area contributed by atoms with Crippen LogP contribution in [0, 0.1) is 11.6 Å². The molecule has 16 heteroatoms. The minimum absolute atomic E-state index is 0.000917. The van der Waals surface area contributed by atoms with Crippen molar-refractivity contribution in [3.05, 3.63) is 41.5 Å². The molecule has 0 spiro atoms. The highest BCUT2D eigenvalue weighted by Gasteiger charge is 2.29. The monoisotopic (exact) mass is 546 g/mol. The Hall–Kier alpha value is -3.24. The number of carboxylic acid groups (broad SMARTS) is 1. The largest absolute Gasteiger partial charge is 0.481 e. The number of aromatic nitrogens is 2. The Bertz CT molecular complexity index is 1210. The molecule has 2 amide bonds. The number of benzene rings is 1. The number of methoxy groups -OCH3 is 1. The summed E-state index contributed by atoms with van der Waals surface area (Å²) >= 11 is 0.970. The third kappa shape index (κ3) is 7.38. The number of nitrogens with zero attached hydrogens (tertiary/aromatic N) is 4. The van der Waals surface area contributed by atoms with Crippen molar-refractivity contribution >= 4 is 39.8 Å². The zero-order valence-electron chi connectivity index (χ0n) is 19.1. The molecule has 3 rings (SSSR count). The SMILES string of the molecule is COc1cc(NS(=O)(=O)N2CCN(C(=O)CCNC(=O)O)CC2)nc(SCc2cccc(F)c2F)n1. The zero-order valence-corrected chi connectivity index (χ0v) is 20.7. The van der Waals surface area contributed by atoms with E-state index in [1.165, 1.54) is 30.2 Å². The second kappa shape index (κ2) is 12.1. The number of anilines is 1. The van der Waals surface area contributed by atoms with Gasteiger partial charge in [-0.05, 0) is 6.07 Å². The van der Waals surface area contributed by atoms with Gasteiger partial charge in [0.15, 0.2) is 16.8 Å². The van der Waals surface area contributed by atoms with Gasteiger partial charge in [0.05, 0.1) is 7.11 Å². The van der Waals surface area contributed by atoms with E-state index in [0.29, 0.717) is 0 Å². The third-order valence-corrected chi connectivity index (χ3v) is 7.47. The first kappa shape index (κ1) is 27.3. The van der Waals surface area contributed by atoms with Crippen LogP contribution in [0.25, 0.3) is 0 Å². The quantitative estimate of drug-likeness (QED) is 0.297. The molecule has 1 saturated heterocycles. The van der Waals surface area contributed by atoms with Crippen LogP contribution >= 0.6 is 11.8 Å². The highest BCUT2D eigenvalue weighted by molar-refractivity contribution is 7.98. The fourth-order valence-corrected chi connectivity index (χ4v) is 5.20. The summed E-state index contributed by atoms with van der Waals surface area (Å²) in [7, 11) is -2.71. The van der Waals surface area contributed by atoms with Crippen molar-refractivity contribution in [1.82, 2.24) is 24.5 Å². The molecule has 1 aromatic carbocycles. The van der Waals surface area contributed by atoms with Crippen LogP contribution in [0.3, 0.4) is 0 Å². The highest BCUT2D eigenvalue weighted by Crippen LogP contribution is 2.26. The number of carbonyl (C=O) groups excluding carboxylic acids is 1. The van der Waals surface area contributed by atoms with Crippen molar-refractivity contribution in [1.29, 1.82) is 0 Å². The summed E-state index contributed by atoms with van der Waals surface area (Å²) in [5.74, 6) is -2.26. The van der Waals surface area contributed by atoms with Crippen molar-refractivity contribution in [2.75, 3.05) is 44.6 Å². The fraction of sp³-hybridized carbons (Fsp3) is 0.400. The molecule has 1 aliphatic rings. The van der Waals surface area contributed by atoms with Crippen LogP contribution in [0.2, 0.25) is 0 Å². The standard InChI is InChI=1S/C20H24F2N6O6S2/c1-34-16-11-15(24-19(25-16)35-12-13-3-2-4-14(21)18(13)22)26-36(32,33)28-9-7-27(8-10-28)17(29)5-6-23-20(30)31/h2-4,11,23H,5-10,12H2,1H3,(H,30,31)(H,24,25,26). The van der Waals surface area contributed by atoms with Crippen LogP contribution in [0.4, 0.5) is 19.4 Å². The summed E-state index contributed by atoms with van der Waals surface area (Å²) in [5.41, 5.74) is 0.0970. The lowest BCUT2D eigenvalue weighted by atomic mass is 10.2. The summed E-state index contributed by atoms with van der Waals surface area (Å²) in [6.45, 7) is 0.294. The Kier molecular flexibility index (Phi) is 9.22. The van der Waals surface area contributed by atoms with Crippen molar-refractivity contribution in [2.24, 2.45) is 0 Å². The van der Waals surface area contributed by atoms with Crippen LogP contribution in [0.5, 0.6) is 5.88 Å². The molecule has 0 atom stereocenters. The van der Waals surface area contributed by atoms with E-state index < -0.39 is 27.9 Å². The van der Waals surface area contributed by atoms with E-state index in [4.69, 9.17) is 9.84 Å². The number of nitrogens with one attached hydrogen (secondary N) is 2. The van der Waals surface area contributed by atoms with E-state index >= 15 is 0 Å². The average Bonchev–Trinajstić information content (AvgIpc) is 2.84. The average molecular weight is 547 g/mol. The van der Waals surface area contributed by atoms with Crippen LogP contribution < -0.4 is 14.8 Å². The second-order valence-electron chi connectivity index (χ2n) is 7.45. The molecular weight excluding hydrogens is 522 g/mol. The molecule has 0 saturated carbocycles. The summed E-state index contributed by atoms with van der Waals surface area (Å²) < 4.78 is 61.7. The normalized spacial score (nSPS) is 14.4. The van der Waals surface area contributed by atoms with Gasteiger partial charge >= 0.3 is 16.3 Å². The number of carbonyl (C=O) groups is 2. The smallest absolute Gasteiger partial charge is 0.404 e. The van der Waals surface area contributed by atoms with Crippen LogP contribution in [-0.4, -0.2) is 84.5 Å². The summed E-state index contributed by atoms with van der Waals surface area (Å²) in [6, 6.07) is 5.08. The first-order valence-electron chi connectivity index (χ1n) is 10.6. The van der Waals surface area contributed by atoms with Crippen LogP contribution in [0.1, 0.15) is 12.0 Å². The van der Waals surface area contributed by atoms with Gasteiger partial charge in [-0.3, -0.25) is 9.52 Å². The minimum atomic E-state index is -4.04. The number of hydrogen-bond acceptors (Lipinski definition) is 8. The maximum Gasteiger partial charge on any atom is 0.404 e. The zero-order chi connectivity index (χ0) is 26.3. The summed E-state index contributed by atoms with van der Waals surface area (Å²) in [5, 5.41) is 10.8. The van der Waals surface area contributed by atoms with Gasteiger partial charge < -0.3 is 20.1 Å². The molecular formula is C20H24F2N6O6S2. The van der Waals surface area contributed by atoms with E-state index in [1.54, 1.807) is 0 Å². The summed E-state index contributed by atoms with van der Waals surface area (Å²) in [6.07, 6.45) is -1.26. The molecule has 1 fully saturated rings. The predicted molar refractivity (Wildman–Crippen MR) is 126 cm³/mol. The van der Waals surface area contributed by atoms with Gasteiger partial charge in [0.1, 0.15) is 5.82 Å². The Balaban J connectivity index is 1.62. The lowest BCUT2D eigenvalue weighted by Crippen LogP contribution is -2.52. The molecule has 0 radical (unpaired) electrons. The molecule has 12 nitrogen and oxygen atoms in total. The number of rotatable bonds is 10. The lowest BCUT2D eigenvalue weighted by Gasteiger charge is -2.34. The number of piperazine rings is 1. The van der Waals surface area contributed by atoms with E-state index in [1.807, 2.05) is 0 Å². The molecule has 0 bridgehead atoms. The summed E-state index contributed by atoms with van der Waals surface area (Å²) in [4.78, 5) is 32.4. The molecule has 0 aliphatic carbocycles. The molecule has 0 unspecified atom stereocenters. The molecule has 2 aromatic rings. The van der Waals surface area contributed by atoms with Gasteiger partial charge in [0.2, 0.25) is 11.8 Å². The molecule has 2 heterocycles. The van der Waals surface area contributed by atoms with Gasteiger partial charge in [-0.1, -0.05) is 23.9 Å². The predicted octanol–water partition coefficient (Wildman–Crippen LogP) is 1.51. The Morgan fingerprint density at radius 3 is 2.58 bits per heavy atom. The van der Waals surface area contributed by atoms with E-state index in [2.05, 4.69) is 20.0 Å². The van der Waals surface area contributed by atoms with Crippen molar-refractivity contribution in [3.8, 4) is 5.88 Å². The third-order valence-electron chi connectivity index (χ3n) is 5.06. The maximum atomic E-state index is 13.9. The molecule has 196 valence electrons. The molecule has 1 aliphatic heterocycles. The number of thioether (sulfide) groups is 1. The number of amides is 2. The van der Waals surface area contributed by atoms with Crippen molar-refractivity contribution in [3.63, 3.8) is 0 Å². The molecule has 3 N–H and O–H groups in total. The van der Waals surface area contributed by atoms with Gasteiger partial charge in [0, 0.05) is 56.5 Å². The van der Waals surface area contributed by atoms with Crippen LogP contribution in [0.15, 0.2) is 29.4 Å². The van der Waals surface area contributed by atoms with Crippen LogP contribution in [-0.2, 0) is 20.8 Å². The number of ether oxygens (including phenoxy) is 1. The topological polar surface area (TPSA) is 154 Å².